The van der Waals surface area contributed by atoms with Gasteiger partial charge >= 0.3 is 0 Å². The minimum absolute atomic E-state index is 0.0280. The molecule has 2 rings (SSSR count). The average Bonchev–Trinajstić information content (AvgIpc) is 2.84. The number of sulfonamides is 1. The summed E-state index contributed by atoms with van der Waals surface area (Å²) in [5.74, 6) is -0.459. The Hall–Kier alpha value is -2.29. The standard InChI is InChI=1S/C28H39Cl2N3O4S/c1-7-21(5)31-28(35)26(8-2)32(18-22-12-14-24(29)25(30)17-22)27(34)10-9-15-33(38(6,36)37)23-13-11-19(3)20(4)16-23/h11-14,16-17,21,26H,7-10,15,18H2,1-6H3,(H,31,35)/t21-,26+/m0/s1. The lowest BCUT2D eigenvalue weighted by Gasteiger charge is -2.32. The van der Waals surface area contributed by atoms with E-state index >= 15 is 0 Å². The maximum atomic E-state index is 13.5. The number of halogens is 2. The number of carbonyl (C=O) groups excluding carboxylic acids is 2. The fourth-order valence-electron chi connectivity index (χ4n) is 4.08. The van der Waals surface area contributed by atoms with E-state index in [9.17, 15) is 18.0 Å². The number of amides is 2. The van der Waals surface area contributed by atoms with E-state index < -0.39 is 16.1 Å². The lowest BCUT2D eigenvalue weighted by molar-refractivity contribution is -0.141. The molecule has 7 nitrogen and oxygen atoms in total. The molecule has 2 atom stereocenters. The zero-order valence-electron chi connectivity index (χ0n) is 23.1. The number of nitrogens with zero attached hydrogens (tertiary/aromatic N) is 2. The molecule has 38 heavy (non-hydrogen) atoms. The number of hydrogen-bond donors (Lipinski definition) is 1. The van der Waals surface area contributed by atoms with Gasteiger partial charge in [-0.3, -0.25) is 13.9 Å². The second kappa shape index (κ2) is 14.2. The number of anilines is 1. The van der Waals surface area contributed by atoms with Gasteiger partial charge in [-0.25, -0.2) is 8.42 Å². The Labute approximate surface area is 237 Å². The monoisotopic (exact) mass is 583 g/mol. The Morgan fingerprint density at radius 3 is 2.21 bits per heavy atom. The second-order valence-corrected chi connectivity index (χ2v) is 12.4. The molecule has 0 heterocycles. The molecule has 0 aliphatic rings. The third-order valence-corrected chi connectivity index (χ3v) is 8.59. The van der Waals surface area contributed by atoms with Crippen LogP contribution in [0.4, 0.5) is 5.69 Å². The van der Waals surface area contributed by atoms with Crippen LogP contribution in [-0.2, 0) is 26.2 Å². The van der Waals surface area contributed by atoms with E-state index in [-0.39, 0.29) is 37.4 Å². The zero-order chi connectivity index (χ0) is 28.6. The molecule has 0 saturated heterocycles. The van der Waals surface area contributed by atoms with E-state index in [0.29, 0.717) is 28.6 Å². The van der Waals surface area contributed by atoms with Crippen molar-refractivity contribution in [1.82, 2.24) is 10.2 Å². The van der Waals surface area contributed by atoms with Crippen molar-refractivity contribution < 1.29 is 18.0 Å². The van der Waals surface area contributed by atoms with Crippen LogP contribution in [0.1, 0.15) is 63.1 Å². The minimum Gasteiger partial charge on any atom is -0.352 e. The van der Waals surface area contributed by atoms with Gasteiger partial charge in [0.2, 0.25) is 21.8 Å². The SMILES string of the molecule is CC[C@H](C(=O)N[C@@H](C)CC)N(Cc1ccc(Cl)c(Cl)c1)C(=O)CCCN(c1ccc(C)c(C)c1)S(C)(=O)=O. The zero-order valence-corrected chi connectivity index (χ0v) is 25.4. The first-order valence-electron chi connectivity index (χ1n) is 12.9. The summed E-state index contributed by atoms with van der Waals surface area (Å²) in [5.41, 5.74) is 3.36. The van der Waals surface area contributed by atoms with E-state index in [1.54, 1.807) is 29.2 Å². The number of aryl methyl sites for hydroxylation is 2. The Morgan fingerprint density at radius 2 is 1.66 bits per heavy atom. The third-order valence-electron chi connectivity index (χ3n) is 6.65. The highest BCUT2D eigenvalue weighted by Crippen LogP contribution is 2.25. The second-order valence-electron chi connectivity index (χ2n) is 9.72. The Bertz CT molecular complexity index is 1240. The van der Waals surface area contributed by atoms with Crippen LogP contribution in [0.25, 0.3) is 0 Å². The molecule has 2 aromatic carbocycles. The highest BCUT2D eigenvalue weighted by molar-refractivity contribution is 7.92. The summed E-state index contributed by atoms with van der Waals surface area (Å²) in [6, 6.07) is 9.91. The van der Waals surface area contributed by atoms with Crippen LogP contribution in [-0.4, -0.2) is 50.0 Å². The van der Waals surface area contributed by atoms with Gasteiger partial charge in [0.05, 0.1) is 22.0 Å². The topological polar surface area (TPSA) is 86.8 Å². The van der Waals surface area contributed by atoms with E-state index in [4.69, 9.17) is 23.2 Å². The number of nitrogens with one attached hydrogen (secondary N) is 1. The Morgan fingerprint density at radius 1 is 0.974 bits per heavy atom. The number of benzene rings is 2. The van der Waals surface area contributed by atoms with Gasteiger partial charge in [0.25, 0.3) is 0 Å². The van der Waals surface area contributed by atoms with Crippen LogP contribution in [0.3, 0.4) is 0 Å². The van der Waals surface area contributed by atoms with E-state index in [2.05, 4.69) is 5.32 Å². The molecular weight excluding hydrogens is 545 g/mol. The highest BCUT2D eigenvalue weighted by atomic mass is 35.5. The molecule has 0 aliphatic carbocycles. The van der Waals surface area contributed by atoms with Crippen LogP contribution in [0, 0.1) is 13.8 Å². The van der Waals surface area contributed by atoms with Gasteiger partial charge in [-0.05, 0) is 81.0 Å². The van der Waals surface area contributed by atoms with Crippen molar-refractivity contribution in [2.75, 3.05) is 17.1 Å². The van der Waals surface area contributed by atoms with Crippen LogP contribution in [0.15, 0.2) is 36.4 Å². The summed E-state index contributed by atoms with van der Waals surface area (Å²) >= 11 is 12.3. The van der Waals surface area contributed by atoms with Crippen molar-refractivity contribution in [2.24, 2.45) is 0 Å². The van der Waals surface area contributed by atoms with Gasteiger partial charge in [0, 0.05) is 25.6 Å². The summed E-state index contributed by atoms with van der Waals surface area (Å²) in [7, 11) is -3.56. The van der Waals surface area contributed by atoms with Crippen molar-refractivity contribution in [1.29, 1.82) is 0 Å². The molecule has 2 aromatic rings. The number of hydrogen-bond acceptors (Lipinski definition) is 4. The first kappa shape index (κ1) is 31.9. The smallest absolute Gasteiger partial charge is 0.243 e. The van der Waals surface area contributed by atoms with Crippen molar-refractivity contribution >= 4 is 50.7 Å². The lowest BCUT2D eigenvalue weighted by Crippen LogP contribution is -2.50. The van der Waals surface area contributed by atoms with Crippen molar-refractivity contribution in [2.45, 2.75) is 78.9 Å². The molecule has 1 N–H and O–H groups in total. The molecule has 0 radical (unpaired) electrons. The van der Waals surface area contributed by atoms with E-state index in [1.807, 2.05) is 46.8 Å². The van der Waals surface area contributed by atoms with Crippen molar-refractivity contribution in [3.63, 3.8) is 0 Å². The molecule has 2 amide bonds. The fourth-order valence-corrected chi connectivity index (χ4v) is 5.36. The van der Waals surface area contributed by atoms with Crippen molar-refractivity contribution in [3.8, 4) is 0 Å². The molecule has 0 aliphatic heterocycles. The maximum Gasteiger partial charge on any atom is 0.243 e. The molecule has 0 unspecified atom stereocenters. The molecule has 0 saturated carbocycles. The number of rotatable bonds is 13. The highest BCUT2D eigenvalue weighted by Gasteiger charge is 2.29. The average molecular weight is 585 g/mol. The first-order chi connectivity index (χ1) is 17.8. The van der Waals surface area contributed by atoms with Crippen LogP contribution < -0.4 is 9.62 Å². The Kier molecular flexibility index (Phi) is 11.9. The van der Waals surface area contributed by atoms with Crippen LogP contribution >= 0.6 is 23.2 Å². The molecule has 10 heteroatoms. The van der Waals surface area contributed by atoms with Gasteiger partial charge in [0.1, 0.15) is 6.04 Å². The molecule has 210 valence electrons. The molecule has 0 bridgehead atoms. The van der Waals surface area contributed by atoms with Gasteiger partial charge in [-0.2, -0.15) is 0 Å². The predicted octanol–water partition coefficient (Wildman–Crippen LogP) is 5.88. The van der Waals surface area contributed by atoms with E-state index in [0.717, 1.165) is 29.4 Å². The van der Waals surface area contributed by atoms with Gasteiger partial charge < -0.3 is 10.2 Å². The van der Waals surface area contributed by atoms with Crippen LogP contribution in [0.5, 0.6) is 0 Å². The van der Waals surface area contributed by atoms with Gasteiger partial charge in [-0.1, -0.05) is 49.2 Å². The maximum absolute atomic E-state index is 13.5. The minimum atomic E-state index is -3.56. The summed E-state index contributed by atoms with van der Waals surface area (Å²) in [4.78, 5) is 28.2. The summed E-state index contributed by atoms with van der Waals surface area (Å²) < 4.78 is 26.5. The predicted molar refractivity (Wildman–Crippen MR) is 156 cm³/mol. The summed E-state index contributed by atoms with van der Waals surface area (Å²) in [5, 5.41) is 3.75. The quantitative estimate of drug-likeness (QED) is 0.319. The van der Waals surface area contributed by atoms with Crippen LogP contribution in [0.2, 0.25) is 10.0 Å². The molecule has 0 aromatic heterocycles. The molecular formula is C28H39Cl2N3O4S. The summed E-state index contributed by atoms with van der Waals surface area (Å²) in [6.07, 6.45) is 2.72. The normalized spacial score (nSPS) is 13.1. The molecule has 0 fully saturated rings. The van der Waals surface area contributed by atoms with Gasteiger partial charge in [-0.15, -0.1) is 0 Å². The fraction of sp³-hybridized carbons (Fsp3) is 0.500. The Balaban J connectivity index is 2.27. The lowest BCUT2D eigenvalue weighted by atomic mass is 10.1. The largest absolute Gasteiger partial charge is 0.352 e. The molecule has 0 spiro atoms. The number of carbonyl (C=O) groups is 2. The van der Waals surface area contributed by atoms with Gasteiger partial charge in [0.15, 0.2) is 0 Å². The summed E-state index contributed by atoms with van der Waals surface area (Å²) in [6.45, 7) is 9.97. The first-order valence-corrected chi connectivity index (χ1v) is 15.5. The van der Waals surface area contributed by atoms with E-state index in [1.165, 1.54) is 4.31 Å². The third kappa shape index (κ3) is 8.89. The van der Waals surface area contributed by atoms with Crippen molar-refractivity contribution in [3.05, 3.63) is 63.1 Å².